The van der Waals surface area contributed by atoms with Gasteiger partial charge in [-0.2, -0.15) is 0 Å². The van der Waals surface area contributed by atoms with Crippen LogP contribution in [-0.4, -0.2) is 41.5 Å². The molecule has 0 N–H and O–H groups in total. The van der Waals surface area contributed by atoms with Crippen molar-refractivity contribution < 1.29 is 14.3 Å². The quantitative estimate of drug-likeness (QED) is 0.786. The van der Waals surface area contributed by atoms with E-state index in [0.29, 0.717) is 18.0 Å². The SMILES string of the molecule is COC(=O)c1cccc(C(=O)N2CCCC2Cc2ccccc2Cl)n1. The van der Waals surface area contributed by atoms with Gasteiger partial charge in [-0.1, -0.05) is 35.9 Å². The first-order chi connectivity index (χ1) is 12.1. The normalized spacial score (nSPS) is 16.7. The van der Waals surface area contributed by atoms with Crippen LogP contribution < -0.4 is 0 Å². The van der Waals surface area contributed by atoms with Gasteiger partial charge in [-0.05, 0) is 43.0 Å². The number of aromatic nitrogens is 1. The minimum absolute atomic E-state index is 0.0796. The third-order valence-electron chi connectivity index (χ3n) is 4.41. The van der Waals surface area contributed by atoms with Crippen molar-refractivity contribution in [2.75, 3.05) is 13.7 Å². The highest BCUT2D eigenvalue weighted by Crippen LogP contribution is 2.26. The van der Waals surface area contributed by atoms with Gasteiger partial charge >= 0.3 is 5.97 Å². The van der Waals surface area contributed by atoms with Crippen LogP contribution in [-0.2, 0) is 11.2 Å². The molecule has 0 bridgehead atoms. The zero-order valence-electron chi connectivity index (χ0n) is 13.9. The van der Waals surface area contributed by atoms with E-state index in [0.717, 1.165) is 18.4 Å². The first-order valence-electron chi connectivity index (χ1n) is 8.20. The lowest BCUT2D eigenvalue weighted by atomic mass is 10.0. The average Bonchev–Trinajstić information content (AvgIpc) is 3.10. The first kappa shape index (κ1) is 17.4. The van der Waals surface area contributed by atoms with Crippen LogP contribution in [0.4, 0.5) is 0 Å². The Morgan fingerprint density at radius 3 is 2.72 bits per heavy atom. The van der Waals surface area contributed by atoms with Crippen LogP contribution in [0.3, 0.4) is 0 Å². The number of hydrogen-bond donors (Lipinski definition) is 0. The van der Waals surface area contributed by atoms with Crippen LogP contribution >= 0.6 is 11.6 Å². The Morgan fingerprint density at radius 1 is 1.20 bits per heavy atom. The number of ether oxygens (including phenoxy) is 1. The van der Waals surface area contributed by atoms with Gasteiger partial charge in [0.15, 0.2) is 0 Å². The van der Waals surface area contributed by atoms with Crippen molar-refractivity contribution in [3.63, 3.8) is 0 Å². The van der Waals surface area contributed by atoms with Crippen LogP contribution in [0.25, 0.3) is 0 Å². The number of halogens is 1. The molecule has 1 aromatic heterocycles. The number of carbonyl (C=O) groups excluding carboxylic acids is 2. The molecule has 1 unspecified atom stereocenters. The van der Waals surface area contributed by atoms with Crippen LogP contribution in [0.2, 0.25) is 5.02 Å². The van der Waals surface area contributed by atoms with E-state index in [-0.39, 0.29) is 23.3 Å². The number of likely N-dealkylation sites (tertiary alicyclic amines) is 1. The van der Waals surface area contributed by atoms with Crippen molar-refractivity contribution in [1.29, 1.82) is 0 Å². The van der Waals surface area contributed by atoms with Gasteiger partial charge in [-0.15, -0.1) is 0 Å². The molecule has 2 heterocycles. The summed E-state index contributed by atoms with van der Waals surface area (Å²) >= 11 is 6.25. The Morgan fingerprint density at radius 2 is 1.96 bits per heavy atom. The van der Waals surface area contributed by atoms with Crippen LogP contribution in [0, 0.1) is 0 Å². The molecule has 5 nitrogen and oxygen atoms in total. The number of rotatable bonds is 4. The van der Waals surface area contributed by atoms with Crippen LogP contribution in [0.1, 0.15) is 39.4 Å². The molecule has 25 heavy (non-hydrogen) atoms. The number of methoxy groups -OCH3 is 1. The Hall–Kier alpha value is -2.40. The number of esters is 1. The molecule has 0 saturated carbocycles. The van der Waals surface area contributed by atoms with Crippen molar-refractivity contribution in [2.45, 2.75) is 25.3 Å². The number of hydrogen-bond acceptors (Lipinski definition) is 4. The van der Waals surface area contributed by atoms with E-state index in [1.165, 1.54) is 13.2 Å². The summed E-state index contributed by atoms with van der Waals surface area (Å²) in [5.41, 5.74) is 1.43. The summed E-state index contributed by atoms with van der Waals surface area (Å²) in [6.07, 6.45) is 2.58. The van der Waals surface area contributed by atoms with Crippen molar-refractivity contribution in [2.24, 2.45) is 0 Å². The van der Waals surface area contributed by atoms with E-state index in [2.05, 4.69) is 9.72 Å². The highest BCUT2D eigenvalue weighted by molar-refractivity contribution is 6.31. The molecule has 1 aromatic carbocycles. The van der Waals surface area contributed by atoms with Crippen LogP contribution in [0.15, 0.2) is 42.5 Å². The lowest BCUT2D eigenvalue weighted by Gasteiger charge is -2.25. The molecule has 1 aliphatic heterocycles. The van der Waals surface area contributed by atoms with E-state index in [1.54, 1.807) is 12.1 Å². The number of amides is 1. The fraction of sp³-hybridized carbons (Fsp3) is 0.316. The number of pyridine rings is 1. The maximum Gasteiger partial charge on any atom is 0.356 e. The molecule has 1 aliphatic rings. The minimum Gasteiger partial charge on any atom is -0.464 e. The monoisotopic (exact) mass is 358 g/mol. The zero-order valence-corrected chi connectivity index (χ0v) is 14.7. The minimum atomic E-state index is -0.552. The molecule has 0 aliphatic carbocycles. The Labute approximate surface area is 151 Å². The van der Waals surface area contributed by atoms with Crippen molar-refractivity contribution in [3.05, 3.63) is 64.4 Å². The van der Waals surface area contributed by atoms with Gasteiger partial charge in [0.05, 0.1) is 7.11 Å². The van der Waals surface area contributed by atoms with Crippen molar-refractivity contribution in [3.8, 4) is 0 Å². The Balaban J connectivity index is 1.79. The van der Waals surface area contributed by atoms with Crippen molar-refractivity contribution in [1.82, 2.24) is 9.88 Å². The molecule has 1 saturated heterocycles. The Bertz CT molecular complexity index is 794. The maximum atomic E-state index is 12.9. The lowest BCUT2D eigenvalue weighted by Crippen LogP contribution is -2.37. The fourth-order valence-corrected chi connectivity index (χ4v) is 3.37. The van der Waals surface area contributed by atoms with Gasteiger partial charge in [-0.3, -0.25) is 4.79 Å². The van der Waals surface area contributed by atoms with E-state index in [9.17, 15) is 9.59 Å². The molecule has 0 radical (unpaired) electrons. The van der Waals surface area contributed by atoms with Gasteiger partial charge in [0.25, 0.3) is 5.91 Å². The van der Waals surface area contributed by atoms with Gasteiger partial charge in [0.1, 0.15) is 11.4 Å². The second-order valence-corrected chi connectivity index (χ2v) is 6.40. The predicted molar refractivity (Wildman–Crippen MR) is 94.8 cm³/mol. The molecule has 1 amide bonds. The summed E-state index contributed by atoms with van der Waals surface area (Å²) < 4.78 is 4.67. The maximum absolute atomic E-state index is 12.9. The highest BCUT2D eigenvalue weighted by Gasteiger charge is 2.30. The fourth-order valence-electron chi connectivity index (χ4n) is 3.15. The average molecular weight is 359 g/mol. The first-order valence-corrected chi connectivity index (χ1v) is 8.57. The van der Waals surface area contributed by atoms with Gasteiger partial charge < -0.3 is 9.64 Å². The molecule has 2 aromatic rings. The second-order valence-electron chi connectivity index (χ2n) is 5.99. The molecule has 3 rings (SSSR count). The van der Waals surface area contributed by atoms with E-state index >= 15 is 0 Å². The summed E-state index contributed by atoms with van der Waals surface area (Å²) in [6, 6.07) is 12.6. The standard InChI is InChI=1S/C19H19ClN2O3/c1-25-19(24)17-10-4-9-16(21-17)18(23)22-11-5-7-14(22)12-13-6-2-3-8-15(13)20/h2-4,6,8-10,14H,5,7,11-12H2,1H3. The highest BCUT2D eigenvalue weighted by atomic mass is 35.5. The van der Waals surface area contributed by atoms with Crippen LogP contribution in [0.5, 0.6) is 0 Å². The summed E-state index contributed by atoms with van der Waals surface area (Å²) in [5.74, 6) is -0.719. The molecule has 130 valence electrons. The predicted octanol–water partition coefficient (Wildman–Crippen LogP) is 3.37. The third kappa shape index (κ3) is 3.82. The molecule has 1 atom stereocenters. The van der Waals surface area contributed by atoms with Crippen molar-refractivity contribution >= 4 is 23.5 Å². The summed E-state index contributed by atoms with van der Waals surface area (Å²) in [7, 11) is 1.29. The van der Waals surface area contributed by atoms with E-state index in [4.69, 9.17) is 11.6 Å². The van der Waals surface area contributed by atoms with Gasteiger partial charge in [0, 0.05) is 17.6 Å². The van der Waals surface area contributed by atoms with Gasteiger partial charge in [-0.25, -0.2) is 9.78 Å². The molecular formula is C19H19ClN2O3. The largest absolute Gasteiger partial charge is 0.464 e. The summed E-state index contributed by atoms with van der Waals surface area (Å²) in [4.78, 5) is 30.5. The summed E-state index contributed by atoms with van der Waals surface area (Å²) in [5, 5.41) is 0.715. The molecule has 0 spiro atoms. The molecular weight excluding hydrogens is 340 g/mol. The Kier molecular flexibility index (Phi) is 5.34. The van der Waals surface area contributed by atoms with E-state index in [1.807, 2.05) is 29.2 Å². The second kappa shape index (κ2) is 7.66. The molecule has 6 heteroatoms. The zero-order chi connectivity index (χ0) is 17.8. The summed E-state index contributed by atoms with van der Waals surface area (Å²) in [6.45, 7) is 0.679. The van der Waals surface area contributed by atoms with E-state index < -0.39 is 5.97 Å². The number of benzene rings is 1. The molecule has 1 fully saturated rings. The lowest BCUT2D eigenvalue weighted by molar-refractivity contribution is 0.0593. The smallest absolute Gasteiger partial charge is 0.356 e. The van der Waals surface area contributed by atoms with Gasteiger partial charge in [0.2, 0.25) is 0 Å². The topological polar surface area (TPSA) is 59.5 Å². The number of carbonyl (C=O) groups is 2. The number of nitrogens with zero attached hydrogens (tertiary/aromatic N) is 2. The third-order valence-corrected chi connectivity index (χ3v) is 4.78.